The minimum absolute atomic E-state index is 0.0336. The summed E-state index contributed by atoms with van der Waals surface area (Å²) < 4.78 is 39.3. The third-order valence-electron chi connectivity index (χ3n) is 21.4. The number of hydrogen-bond acceptors (Lipinski definition) is 26. The number of rotatable bonds is 22. The number of halogens is 3. The van der Waals surface area contributed by atoms with E-state index in [2.05, 4.69) is 57.9 Å². The van der Waals surface area contributed by atoms with E-state index in [4.69, 9.17) is 74.7 Å². The number of nitrogens with one attached hydrogen (secondary N) is 9. The maximum absolute atomic E-state index is 15.4. The van der Waals surface area contributed by atoms with E-state index in [0.29, 0.717) is 17.9 Å². The lowest BCUT2D eigenvalue weighted by atomic mass is 9.84. The van der Waals surface area contributed by atoms with E-state index in [1.54, 1.807) is 26.0 Å². The molecule has 8 amide bonds. The Morgan fingerprint density at radius 1 is 0.707 bits per heavy atom. The first-order chi connectivity index (χ1) is 58.6. The molecule has 18 atom stereocenters. The number of azide groups is 1. The SMILES string of the molecule is CN[C@H](CC(C)C)C(=O)N[C@H]1C(=O)N[C@@H](CC(N)=O)C(=O)N[C@H](C)C(=O)NC2C(=O)N[C@H](C(=O)N[C@@H](C(=O)NCCCCN)c3cc(O)cc(O)c3-c3cc2ccc3O)[C@H](O)c2ccc(c(Cl)c2)Oc2cccc(c2OC2OC(CN=[N+]=[N-])C(O)C(O)C2OC2CC(C)(NCc3ccc(-c4ccc(Cl)cc4)cc3)C(O)C(C)O2)Oc2ccc(cc2Cl)[C@H]1O. The Morgan fingerprint density at radius 3 is 1.97 bits per heavy atom. The van der Waals surface area contributed by atoms with Crippen molar-refractivity contribution >= 4 is 82.1 Å². The van der Waals surface area contributed by atoms with Crippen LogP contribution in [0.4, 0.5) is 0 Å². The molecule has 0 saturated carbocycles. The zero-order valence-electron chi connectivity index (χ0n) is 67.4. The summed E-state index contributed by atoms with van der Waals surface area (Å²) in [5.41, 5.74) is 20.7. The van der Waals surface area contributed by atoms with Gasteiger partial charge in [-0.15, -0.1) is 0 Å². The van der Waals surface area contributed by atoms with Crippen LogP contribution in [0.1, 0.15) is 119 Å². The van der Waals surface area contributed by atoms with Gasteiger partial charge in [0.2, 0.25) is 59.3 Å². The largest absolute Gasteiger partial charge is 0.508 e. The summed E-state index contributed by atoms with van der Waals surface area (Å²) in [7, 11) is 1.48. The van der Waals surface area contributed by atoms with Crippen LogP contribution in [0.15, 0.2) is 139 Å². The lowest BCUT2D eigenvalue weighted by molar-refractivity contribution is -0.331. The first-order valence-corrected chi connectivity index (χ1v) is 40.6. The summed E-state index contributed by atoms with van der Waals surface area (Å²) in [5, 5.41) is 123. The third kappa shape index (κ3) is 22.3. The van der Waals surface area contributed by atoms with Crippen LogP contribution in [0, 0.1) is 5.92 Å². The monoisotopic (exact) mass is 1760 g/mol. The summed E-state index contributed by atoms with van der Waals surface area (Å²) in [6.07, 6.45) is -17.0. The highest BCUT2D eigenvalue weighted by molar-refractivity contribution is 6.32. The van der Waals surface area contributed by atoms with Gasteiger partial charge in [-0.1, -0.05) is 114 Å². The maximum atomic E-state index is 15.4. The number of nitrogens with two attached hydrogens (primary N) is 2. The van der Waals surface area contributed by atoms with Gasteiger partial charge in [-0.3, -0.25) is 38.4 Å². The number of para-hydroxylation sites is 1. The summed E-state index contributed by atoms with van der Waals surface area (Å²) in [6, 6.07) is 18.5. The number of hydrogen-bond donors (Lipinski definition) is 19. The van der Waals surface area contributed by atoms with Gasteiger partial charge in [-0.05, 0) is 171 Å². The molecule has 10 bridgehead atoms. The van der Waals surface area contributed by atoms with Crippen molar-refractivity contribution in [2.45, 2.75) is 183 Å². The number of carbonyl (C=O) groups excluding carboxylic acids is 8. The number of aliphatic hydroxyl groups excluding tert-OH is 5. The number of fused-ring (bicyclic) bond motifs is 6. The van der Waals surface area contributed by atoms with Crippen LogP contribution < -0.4 is 73.5 Å². The van der Waals surface area contributed by atoms with Crippen LogP contribution in [0.3, 0.4) is 0 Å². The molecule has 6 aliphatic heterocycles. The molecule has 0 radical (unpaired) electrons. The lowest BCUT2D eigenvalue weighted by Crippen LogP contribution is -2.65. The van der Waals surface area contributed by atoms with Crippen molar-refractivity contribution in [3.8, 4) is 68.2 Å². The van der Waals surface area contributed by atoms with Gasteiger partial charge in [-0.2, -0.15) is 0 Å². The van der Waals surface area contributed by atoms with Crippen molar-refractivity contribution in [1.82, 2.24) is 47.9 Å². The molecule has 2 saturated heterocycles. The fourth-order valence-corrected chi connectivity index (χ4v) is 15.3. The quantitative estimate of drug-likeness (QED) is 0.0168. The molecule has 7 aromatic carbocycles. The smallest absolute Gasteiger partial charge is 0.247 e. The second-order valence-electron chi connectivity index (χ2n) is 30.9. The van der Waals surface area contributed by atoms with Crippen LogP contribution in [0.25, 0.3) is 32.7 Å². The molecule has 13 rings (SSSR count). The standard InChI is InChI=1S/C84H97Cl3N14O22/c1-38(2)28-53(91-6)77(112)99-67-69(106)45-19-24-57(51(86)30-45)119-59-10-9-11-60(73(59)123-83-74(72(109)71(108)61(121-83)37-94-101-90)122-63-35-84(5,75(110)40(4)118-63)93-36-41-12-14-42(15-13-41)43-16-21-47(85)22-17-43)120-58-25-20-46(31-52(58)87)70(107)68-82(117)98-66(79(114)92-27-8-7-26-88)50-32-48(102)33-56(104)64(50)49-29-44(18-23-55(49)103)65(80(115)100-68)97-76(111)39(3)95-78(113)54(34-62(89)105)96-81(67)116/h9-25,29-33,38-40,53-54,61,63,65-72,74-75,83,91,93,102-104,106-110H,7-8,26-28,34-37,88H2,1-6H3,(H2,89,105)(H,92,114)(H,95,113)(H,96,116)(H,97,111)(H,98,117)(H,99,112)(H,100,115)/t39-,40?,53-,54+,61?,63?,65?,66-,67-,68+,69-,70-,71?,72?,74?,75?,83?,84?/m1/s1. The molecule has 2 fully saturated rings. The number of unbranched alkanes of at least 4 members (excludes halogenated alkanes) is 1. The van der Waals surface area contributed by atoms with Crippen LogP contribution in [-0.2, 0) is 59.1 Å². The van der Waals surface area contributed by atoms with Gasteiger partial charge in [0.05, 0.1) is 47.4 Å². The molecule has 6 aliphatic rings. The lowest BCUT2D eigenvalue weighted by Gasteiger charge is -2.48. The number of ether oxygens (including phenoxy) is 6. The number of benzene rings is 7. The predicted octanol–water partition coefficient (Wildman–Crippen LogP) is 5.68. The minimum atomic E-state index is -2.26. The molecule has 21 N–H and O–H groups in total. The Kier molecular flexibility index (Phi) is 30.8. The van der Waals surface area contributed by atoms with Crippen molar-refractivity contribution in [2.75, 3.05) is 26.7 Å². The minimum Gasteiger partial charge on any atom is -0.508 e. The Labute approximate surface area is 720 Å². The summed E-state index contributed by atoms with van der Waals surface area (Å²) in [5.74, 6) is -13.1. The van der Waals surface area contributed by atoms with E-state index in [1.807, 2.05) is 50.2 Å². The number of aromatic hydroxyl groups is 3. The first-order valence-electron chi connectivity index (χ1n) is 39.4. The summed E-state index contributed by atoms with van der Waals surface area (Å²) in [6.45, 7) is 7.95. The van der Waals surface area contributed by atoms with E-state index in [0.717, 1.165) is 66.1 Å². The van der Waals surface area contributed by atoms with Crippen LogP contribution in [0.2, 0.25) is 15.1 Å². The molecule has 10 unspecified atom stereocenters. The Morgan fingerprint density at radius 2 is 1.35 bits per heavy atom. The molecular weight excluding hydrogens is 1660 g/mol. The number of primary amides is 1. The molecule has 0 aromatic heterocycles. The predicted molar refractivity (Wildman–Crippen MR) is 446 cm³/mol. The normalized spacial score (nSPS) is 26.0. The van der Waals surface area contributed by atoms with E-state index in [9.17, 15) is 75.2 Å². The fourth-order valence-electron chi connectivity index (χ4n) is 14.7. The highest BCUT2D eigenvalue weighted by Gasteiger charge is 2.52. The van der Waals surface area contributed by atoms with Crippen LogP contribution in [0.5, 0.6) is 46.0 Å². The van der Waals surface area contributed by atoms with Crippen LogP contribution >= 0.6 is 34.8 Å². The Balaban J connectivity index is 1.03. The summed E-state index contributed by atoms with van der Waals surface area (Å²) >= 11 is 20.5. The number of phenols is 3. The van der Waals surface area contributed by atoms with Crippen molar-refractivity contribution in [2.24, 2.45) is 22.5 Å². The van der Waals surface area contributed by atoms with Gasteiger partial charge in [0.1, 0.15) is 89.4 Å². The van der Waals surface area contributed by atoms with Crippen molar-refractivity contribution in [1.29, 1.82) is 0 Å². The zero-order valence-corrected chi connectivity index (χ0v) is 69.6. The molecule has 123 heavy (non-hydrogen) atoms. The average molecular weight is 1760 g/mol. The van der Waals surface area contributed by atoms with Gasteiger partial charge in [0.25, 0.3) is 0 Å². The molecular formula is C84H97Cl3N14O22. The molecule has 0 aliphatic carbocycles. The van der Waals surface area contributed by atoms with E-state index < -0.39 is 198 Å². The Bertz CT molecular complexity index is 5090. The molecule has 39 heteroatoms. The van der Waals surface area contributed by atoms with Crippen molar-refractivity contribution in [3.63, 3.8) is 0 Å². The number of likely N-dealkylation sites (N-methyl/N-ethyl adjacent to an activating group) is 1. The van der Waals surface area contributed by atoms with Crippen molar-refractivity contribution in [3.05, 3.63) is 187 Å². The molecule has 0 spiro atoms. The second kappa shape index (κ2) is 40.9. The fraction of sp³-hybridized carbons (Fsp3) is 0.405. The molecule has 6 heterocycles. The zero-order chi connectivity index (χ0) is 89.0. The van der Waals surface area contributed by atoms with E-state index in [-0.39, 0.29) is 99.3 Å². The molecule has 7 aromatic rings. The van der Waals surface area contributed by atoms with Crippen LogP contribution in [-0.4, -0.2) is 200 Å². The van der Waals surface area contributed by atoms with Gasteiger partial charge in [-0.25, -0.2) is 0 Å². The highest BCUT2D eigenvalue weighted by atomic mass is 35.5. The summed E-state index contributed by atoms with van der Waals surface area (Å²) in [4.78, 5) is 120. The van der Waals surface area contributed by atoms with Gasteiger partial charge in [0.15, 0.2) is 23.9 Å². The number of amides is 8. The third-order valence-corrected chi connectivity index (χ3v) is 22.3. The van der Waals surface area contributed by atoms with E-state index in [1.165, 1.54) is 49.5 Å². The van der Waals surface area contributed by atoms with Gasteiger partial charge >= 0.3 is 0 Å². The number of phenolic OH excluding ortho intramolecular Hbond substituents is 3. The number of aliphatic hydroxyl groups is 5. The average Bonchev–Trinajstić information content (AvgIpc) is 0.761. The van der Waals surface area contributed by atoms with Crippen molar-refractivity contribution < 1.29 is 108 Å². The number of carbonyl (C=O) groups is 8. The topological polar surface area (TPSA) is 563 Å². The molecule has 656 valence electrons. The van der Waals surface area contributed by atoms with E-state index >= 15 is 9.59 Å². The molecule has 36 nitrogen and oxygen atoms in total. The second-order valence-corrected chi connectivity index (χ2v) is 32.1. The maximum Gasteiger partial charge on any atom is 0.247 e. The van der Waals surface area contributed by atoms with Gasteiger partial charge in [0, 0.05) is 52.2 Å². The highest BCUT2D eigenvalue weighted by Crippen LogP contribution is 2.49. The van der Waals surface area contributed by atoms with Gasteiger partial charge < -0.3 is 129 Å². The first kappa shape index (κ1) is 92.6. The number of nitrogens with zero attached hydrogens (tertiary/aromatic N) is 3. The Hall–Kier alpha value is -11.2.